The summed E-state index contributed by atoms with van der Waals surface area (Å²) in [7, 11) is 1.72. The molecule has 13 heterocycles. The summed E-state index contributed by atoms with van der Waals surface area (Å²) in [6.07, 6.45) is 11.4. The van der Waals surface area contributed by atoms with E-state index in [1.54, 1.807) is 86.5 Å². The minimum Gasteiger partial charge on any atom is -0.487 e. The molecule has 21 heteroatoms. The van der Waals surface area contributed by atoms with Crippen molar-refractivity contribution in [1.82, 2.24) is 0 Å². The first-order chi connectivity index (χ1) is 56.9. The molecule has 19 aromatic rings. The predicted molar refractivity (Wildman–Crippen MR) is 511 cm³/mol. The zero-order chi connectivity index (χ0) is 80.5. The van der Waals surface area contributed by atoms with Gasteiger partial charge in [0.2, 0.25) is 0 Å². The van der Waals surface area contributed by atoms with Crippen molar-refractivity contribution in [2.24, 2.45) is 0 Å². The van der Waals surface area contributed by atoms with Crippen LogP contribution in [0.2, 0.25) is 0 Å². The van der Waals surface area contributed by atoms with Crippen LogP contribution in [0.5, 0.6) is 5.06 Å². The molecule has 0 spiro atoms. The topological polar surface area (TPSA) is 129 Å². The first-order valence-electron chi connectivity index (χ1n) is 40.0. The number of fused-ring (bicyclic) bond motifs is 18. The maximum absolute atomic E-state index is 13.0. The zero-order valence-corrected chi connectivity index (χ0v) is 75.8. The number of aliphatic hydroxyl groups is 2. The van der Waals surface area contributed by atoms with Crippen molar-refractivity contribution in [3.05, 3.63) is 239 Å². The number of methoxy groups -OCH3 is 1. The molecule has 2 N–H and O–H groups in total. The summed E-state index contributed by atoms with van der Waals surface area (Å²) >= 11 is 21.1. The van der Waals surface area contributed by atoms with Crippen LogP contribution in [0.4, 0.5) is 0 Å². The predicted octanol–water partition coefficient (Wildman–Crippen LogP) is 30.9. The molecule has 598 valence electrons. The van der Waals surface area contributed by atoms with E-state index in [1.807, 2.05) is 62.8 Å². The molecular weight excluding hydrogens is 1680 g/mol. The van der Waals surface area contributed by atoms with Crippen molar-refractivity contribution in [2.45, 2.75) is 156 Å². The average molecular weight is 1770 g/mol. The average Bonchev–Trinajstić information content (AvgIpc) is 1.59. The van der Waals surface area contributed by atoms with Crippen LogP contribution in [0.25, 0.3) is 117 Å². The van der Waals surface area contributed by atoms with E-state index in [0.29, 0.717) is 38.5 Å². The Hall–Kier alpha value is -7.65. The molecule has 0 amide bonds. The first-order valence-corrected chi connectivity index (χ1v) is 49.8. The van der Waals surface area contributed by atoms with Crippen molar-refractivity contribution in [3.63, 3.8) is 0 Å². The number of carbonyl (C=O) groups excluding carboxylic acids is 3. The maximum Gasteiger partial charge on any atom is 0.306 e. The molecule has 0 bridgehead atoms. The van der Waals surface area contributed by atoms with Crippen molar-refractivity contribution in [1.29, 1.82) is 0 Å². The molecule has 1 fully saturated rings. The summed E-state index contributed by atoms with van der Waals surface area (Å²) in [4.78, 5) is 42.0. The van der Waals surface area contributed by atoms with Crippen LogP contribution in [0.3, 0.4) is 0 Å². The number of aldehydes is 1. The molecule has 12 aromatic heterocycles. The maximum atomic E-state index is 13.0. The standard InChI is InChI=1S/C44H46O4S4.C32H26O2S4.C16H8O2S4.C4H8O/c1-5-7-9-11-41(45)47-33(21-29-17-13-27(3)14-18-29)37-25-39-43(51-37)31-23-36-32(24-35(31)49-39)44-40(50-36)26-38(52-44)34(48-42(46)12-10-8-6-2)22-30-19-15-28(4)16-20-30;1-17-3-7-19(8-4-17)11-23(33)27-15-29-31(37-27)21-13-26-22(14-25(21)35-29)32-30(36-26)16-28(38-32)24(34)12-20-9-5-18(2)6-10-20;1-18-14-5-13-16(22-14)9-4-10-8(3-11(9)21-13)15-12(20-10)2-7(6-17)19-15;1-2-4-5-3-1/h13-20,23-26,33-34H,5-12,21-22H2,1-4H3;3-10,13-16,23-24,33-34H,11-12H2,1-2H3;2-6H,1H3;1-4H2. The van der Waals surface area contributed by atoms with Gasteiger partial charge in [0.15, 0.2) is 11.3 Å². The summed E-state index contributed by atoms with van der Waals surface area (Å²) in [6.45, 7) is 14.7. The highest BCUT2D eigenvalue weighted by atomic mass is 32.1. The highest BCUT2D eigenvalue weighted by Gasteiger charge is 2.27. The van der Waals surface area contributed by atoms with E-state index in [9.17, 15) is 24.6 Å². The Balaban J connectivity index is 0.000000131. The lowest BCUT2D eigenvalue weighted by molar-refractivity contribution is -0.150. The molecule has 1 saturated heterocycles. The third-order valence-corrected chi connectivity index (χ3v) is 36.1. The minimum atomic E-state index is -0.488. The van der Waals surface area contributed by atoms with Crippen LogP contribution in [-0.2, 0) is 49.5 Å². The van der Waals surface area contributed by atoms with Gasteiger partial charge < -0.3 is 29.2 Å². The van der Waals surface area contributed by atoms with Crippen LogP contribution >= 0.6 is 136 Å². The van der Waals surface area contributed by atoms with Crippen LogP contribution in [-0.4, -0.2) is 48.8 Å². The number of hydrogen-bond acceptors (Lipinski definition) is 21. The molecule has 1 aliphatic heterocycles. The molecule has 0 aliphatic carbocycles. The Bertz CT molecular complexity index is 6440. The fraction of sp³-hybridized carbons (Fsp3) is 0.281. The molecule has 20 rings (SSSR count). The summed E-state index contributed by atoms with van der Waals surface area (Å²) in [6, 6.07) is 60.8. The molecule has 0 radical (unpaired) electrons. The molecule has 9 nitrogen and oxygen atoms in total. The first kappa shape index (κ1) is 81.7. The molecule has 7 aromatic carbocycles. The van der Waals surface area contributed by atoms with E-state index < -0.39 is 12.2 Å². The van der Waals surface area contributed by atoms with Gasteiger partial charge in [0.25, 0.3) is 0 Å². The number of hydrogen-bond donors (Lipinski definition) is 2. The van der Waals surface area contributed by atoms with Gasteiger partial charge in [-0.3, -0.25) is 14.4 Å². The summed E-state index contributed by atoms with van der Waals surface area (Å²) < 4.78 is 45.5. The molecule has 4 atom stereocenters. The number of unbranched alkanes of at least 4 members (excludes halogenated alkanes) is 4. The largest absolute Gasteiger partial charge is 0.487 e. The number of ether oxygens (including phenoxy) is 4. The van der Waals surface area contributed by atoms with Gasteiger partial charge in [-0.15, -0.1) is 125 Å². The van der Waals surface area contributed by atoms with E-state index in [4.69, 9.17) is 18.9 Å². The fourth-order valence-electron chi connectivity index (χ4n) is 15.0. The lowest BCUT2D eigenvalue weighted by Gasteiger charge is -2.17. The molecule has 4 unspecified atom stereocenters. The van der Waals surface area contributed by atoms with E-state index in [-0.39, 0.29) is 24.1 Å². The summed E-state index contributed by atoms with van der Waals surface area (Å²) in [5.74, 6) is -0.224. The monoisotopic (exact) mass is 1770 g/mol. The lowest BCUT2D eigenvalue weighted by atomic mass is 10.0. The Morgan fingerprint density at radius 2 is 0.667 bits per heavy atom. The van der Waals surface area contributed by atoms with Crippen LogP contribution in [0.1, 0.15) is 176 Å². The number of carbonyl (C=O) groups is 3. The molecule has 0 saturated carbocycles. The fourth-order valence-corrected chi connectivity index (χ4v) is 29.9. The minimum absolute atomic E-state index is 0.112. The molecule has 1 aliphatic rings. The highest BCUT2D eigenvalue weighted by molar-refractivity contribution is 7.37. The van der Waals surface area contributed by atoms with Crippen molar-refractivity contribution in [3.8, 4) is 5.06 Å². The second kappa shape index (κ2) is 36.3. The normalized spacial score (nSPS) is 13.5. The van der Waals surface area contributed by atoms with Gasteiger partial charge in [0, 0.05) is 161 Å². The second-order valence-electron chi connectivity index (χ2n) is 30.4. The highest BCUT2D eigenvalue weighted by Crippen LogP contribution is 2.52. The van der Waals surface area contributed by atoms with Crippen LogP contribution < -0.4 is 4.74 Å². The Labute approximate surface area is 727 Å². The van der Waals surface area contributed by atoms with Gasteiger partial charge in [-0.05, 0) is 142 Å². The van der Waals surface area contributed by atoms with Gasteiger partial charge in [0.05, 0.1) is 57.1 Å². The summed E-state index contributed by atoms with van der Waals surface area (Å²) in [5, 5.41) is 30.5. The van der Waals surface area contributed by atoms with Gasteiger partial charge >= 0.3 is 11.9 Å². The van der Waals surface area contributed by atoms with Crippen molar-refractivity contribution in [2.75, 3.05) is 20.3 Å². The van der Waals surface area contributed by atoms with Gasteiger partial charge in [-0.1, -0.05) is 170 Å². The number of aryl methyl sites for hydroxylation is 4. The number of esters is 2. The van der Waals surface area contributed by atoms with Crippen LogP contribution in [0, 0.1) is 27.7 Å². The van der Waals surface area contributed by atoms with E-state index >= 15 is 0 Å². The Kier molecular flexibility index (Phi) is 25.4. The number of rotatable bonds is 24. The smallest absolute Gasteiger partial charge is 0.306 e. The van der Waals surface area contributed by atoms with Gasteiger partial charge in [-0.2, -0.15) is 0 Å². The van der Waals surface area contributed by atoms with Crippen LogP contribution in [0.15, 0.2) is 170 Å². The van der Waals surface area contributed by atoms with E-state index in [2.05, 4.69) is 205 Å². The molecule has 117 heavy (non-hydrogen) atoms. The van der Waals surface area contributed by atoms with E-state index in [0.717, 1.165) is 98.6 Å². The van der Waals surface area contributed by atoms with Gasteiger partial charge in [-0.25, -0.2) is 0 Å². The third kappa shape index (κ3) is 18.2. The van der Waals surface area contributed by atoms with Crippen molar-refractivity contribution < 1.29 is 43.5 Å². The van der Waals surface area contributed by atoms with Crippen molar-refractivity contribution >= 4 is 271 Å². The third-order valence-electron chi connectivity index (χ3n) is 21.4. The Morgan fingerprint density at radius 3 is 0.983 bits per heavy atom. The number of thiophene rings is 12. The number of benzene rings is 7. The zero-order valence-electron chi connectivity index (χ0n) is 66.0. The van der Waals surface area contributed by atoms with Gasteiger partial charge in [0.1, 0.15) is 12.2 Å². The Morgan fingerprint density at radius 1 is 0.368 bits per heavy atom. The number of aliphatic hydroxyl groups excluding tert-OH is 2. The summed E-state index contributed by atoms with van der Waals surface area (Å²) in [5.41, 5.74) is 9.58. The second-order valence-corrected chi connectivity index (χ2v) is 43.4. The quantitative estimate of drug-likeness (QED) is 0.0345. The van der Waals surface area contributed by atoms with E-state index in [1.165, 1.54) is 163 Å². The lowest BCUT2D eigenvalue weighted by Crippen LogP contribution is -2.13. The molecular formula is C96H88O9S12. The SMILES string of the molecule is C1CCOC1.CCCCCC(=O)OC(Cc1ccc(C)cc1)c1cc2sc3cc4c(cc3c2s1)sc1cc(C(Cc2ccc(C)cc2)OC(=O)CCCCC)sc14.COc1cc2sc3cc4c(cc3c2s1)sc1cc(C=O)sc14.Cc1ccc(CC(O)c2cc3sc4cc5c(cc4c3s2)sc2cc(C(O)Cc3ccc(C)cc3)sc25)cc1.